The smallest absolute Gasteiger partial charge is 0.343 e. The van der Waals surface area contributed by atoms with Crippen molar-refractivity contribution < 1.29 is 9.53 Å². The number of esters is 1. The molecule has 0 atom stereocenters. The first-order valence-electron chi connectivity index (χ1n) is 3.99. The average molecular weight is 164 g/mol. The second-order valence-electron chi connectivity index (χ2n) is 2.54. The van der Waals surface area contributed by atoms with Crippen LogP contribution in [0.3, 0.4) is 0 Å². The molecular weight excluding hydrogens is 152 g/mol. The van der Waals surface area contributed by atoms with E-state index in [4.69, 9.17) is 4.74 Å². The first-order chi connectivity index (χ1) is 5.70. The molecule has 0 radical (unpaired) electrons. The minimum Gasteiger partial charge on any atom is -0.423 e. The van der Waals surface area contributed by atoms with Crippen LogP contribution in [0, 0.1) is 0 Å². The van der Waals surface area contributed by atoms with Crippen molar-refractivity contribution in [2.45, 2.75) is 20.3 Å². The van der Waals surface area contributed by atoms with Crippen molar-refractivity contribution >= 4 is 5.97 Å². The molecule has 0 spiro atoms. The Bertz CT molecular complexity index is 282. The maximum absolute atomic E-state index is 11.1. The number of hydrogen-bond donors (Lipinski definition) is 0. The summed E-state index contributed by atoms with van der Waals surface area (Å²) in [5, 5.41) is 0. The van der Waals surface area contributed by atoms with E-state index in [1.54, 1.807) is 6.08 Å². The van der Waals surface area contributed by atoms with Crippen molar-refractivity contribution in [3.05, 3.63) is 35.6 Å². The van der Waals surface area contributed by atoms with E-state index in [0.717, 1.165) is 12.0 Å². The first kappa shape index (κ1) is 8.78. The van der Waals surface area contributed by atoms with Gasteiger partial charge in [-0.25, -0.2) is 4.79 Å². The molecule has 0 amide bonds. The second kappa shape index (κ2) is 3.39. The number of carbonyl (C=O) groups excluding carboxylic acids is 1. The van der Waals surface area contributed by atoms with Crippen LogP contribution in [-0.2, 0) is 9.53 Å². The monoisotopic (exact) mass is 164 g/mol. The molecule has 1 saturated heterocycles. The molecule has 0 bridgehead atoms. The lowest BCUT2D eigenvalue weighted by Crippen LogP contribution is -1.93. The van der Waals surface area contributed by atoms with Crippen molar-refractivity contribution in [1.29, 1.82) is 0 Å². The Balaban J connectivity index is 3.07. The first-order valence-corrected chi connectivity index (χ1v) is 3.99. The molecule has 0 aromatic carbocycles. The molecule has 0 unspecified atom stereocenters. The summed E-state index contributed by atoms with van der Waals surface area (Å²) < 4.78 is 4.86. The molecule has 2 nitrogen and oxygen atoms in total. The van der Waals surface area contributed by atoms with Gasteiger partial charge in [0.05, 0.1) is 5.57 Å². The van der Waals surface area contributed by atoms with Gasteiger partial charge in [0.1, 0.15) is 5.76 Å². The standard InChI is InChI=1S/C10H12O2/c1-4-6-9-7(3)12-10(11)8(9)5-2/h5-6H,3-4H2,1-2H3/b8-5+,9-6-. The van der Waals surface area contributed by atoms with E-state index in [1.807, 2.05) is 19.9 Å². The van der Waals surface area contributed by atoms with Gasteiger partial charge < -0.3 is 4.74 Å². The maximum atomic E-state index is 11.1. The van der Waals surface area contributed by atoms with Crippen LogP contribution < -0.4 is 0 Å². The molecule has 0 aromatic rings. The molecule has 1 heterocycles. The third-order valence-electron chi connectivity index (χ3n) is 1.72. The Hall–Kier alpha value is -1.31. The highest BCUT2D eigenvalue weighted by Crippen LogP contribution is 2.28. The highest BCUT2D eigenvalue weighted by molar-refractivity contribution is 5.99. The van der Waals surface area contributed by atoms with Gasteiger partial charge in [-0.15, -0.1) is 0 Å². The summed E-state index contributed by atoms with van der Waals surface area (Å²) in [7, 11) is 0. The zero-order valence-corrected chi connectivity index (χ0v) is 7.39. The van der Waals surface area contributed by atoms with Gasteiger partial charge in [0.25, 0.3) is 0 Å². The number of hydrogen-bond acceptors (Lipinski definition) is 2. The second-order valence-corrected chi connectivity index (χ2v) is 2.54. The fourth-order valence-corrected chi connectivity index (χ4v) is 1.18. The third kappa shape index (κ3) is 1.33. The summed E-state index contributed by atoms with van der Waals surface area (Å²) in [6.45, 7) is 7.48. The van der Waals surface area contributed by atoms with E-state index in [0.29, 0.717) is 11.3 Å². The fraction of sp³-hybridized carbons (Fsp3) is 0.300. The van der Waals surface area contributed by atoms with E-state index < -0.39 is 0 Å². The SMILES string of the molecule is C=C1OC(=O)C(=C/C)/C1=C\CC. The number of cyclic esters (lactones) is 1. The fourth-order valence-electron chi connectivity index (χ4n) is 1.18. The molecule has 1 rings (SSSR count). The lowest BCUT2D eigenvalue weighted by atomic mass is 10.1. The van der Waals surface area contributed by atoms with Gasteiger partial charge in [0, 0.05) is 5.57 Å². The molecule has 2 heteroatoms. The summed E-state index contributed by atoms with van der Waals surface area (Å²) in [5.41, 5.74) is 1.46. The van der Waals surface area contributed by atoms with Crippen LogP contribution >= 0.6 is 0 Å². The summed E-state index contributed by atoms with van der Waals surface area (Å²) in [6.07, 6.45) is 4.58. The lowest BCUT2D eigenvalue weighted by Gasteiger charge is -1.93. The molecule has 0 aliphatic carbocycles. The van der Waals surface area contributed by atoms with Crippen LogP contribution in [0.1, 0.15) is 20.3 Å². The Morgan fingerprint density at radius 1 is 1.50 bits per heavy atom. The molecule has 64 valence electrons. The Morgan fingerprint density at radius 3 is 2.67 bits per heavy atom. The predicted octanol–water partition coefficient (Wildman–Crippen LogP) is 2.34. The molecule has 12 heavy (non-hydrogen) atoms. The Kier molecular flexibility index (Phi) is 2.48. The Labute approximate surface area is 72.2 Å². The highest BCUT2D eigenvalue weighted by atomic mass is 16.5. The summed E-state index contributed by atoms with van der Waals surface area (Å²) in [4.78, 5) is 11.1. The molecule has 0 aromatic heterocycles. The van der Waals surface area contributed by atoms with Gasteiger partial charge in [-0.1, -0.05) is 25.7 Å². The van der Waals surface area contributed by atoms with E-state index in [1.165, 1.54) is 0 Å². The quantitative estimate of drug-likeness (QED) is 0.439. The number of ether oxygens (including phenoxy) is 1. The molecule has 0 saturated carbocycles. The molecular formula is C10H12O2. The van der Waals surface area contributed by atoms with Gasteiger partial charge in [-0.2, -0.15) is 0 Å². The van der Waals surface area contributed by atoms with Crippen LogP contribution in [0.2, 0.25) is 0 Å². The summed E-state index contributed by atoms with van der Waals surface area (Å²) in [6, 6.07) is 0. The van der Waals surface area contributed by atoms with Crippen LogP contribution in [0.15, 0.2) is 35.6 Å². The van der Waals surface area contributed by atoms with Gasteiger partial charge in [-0.05, 0) is 13.3 Å². The zero-order valence-electron chi connectivity index (χ0n) is 7.39. The van der Waals surface area contributed by atoms with E-state index >= 15 is 0 Å². The van der Waals surface area contributed by atoms with Crippen molar-refractivity contribution in [3.8, 4) is 0 Å². The van der Waals surface area contributed by atoms with Gasteiger partial charge in [0.15, 0.2) is 0 Å². The summed E-state index contributed by atoms with van der Waals surface area (Å²) >= 11 is 0. The molecule has 1 aliphatic heterocycles. The van der Waals surface area contributed by atoms with Gasteiger partial charge in [0.2, 0.25) is 0 Å². The molecule has 1 fully saturated rings. The largest absolute Gasteiger partial charge is 0.423 e. The summed E-state index contributed by atoms with van der Waals surface area (Å²) in [5.74, 6) is 0.178. The van der Waals surface area contributed by atoms with Crippen molar-refractivity contribution in [2.75, 3.05) is 0 Å². The third-order valence-corrected chi connectivity index (χ3v) is 1.72. The number of allylic oxidation sites excluding steroid dienone is 3. The van der Waals surface area contributed by atoms with E-state index in [-0.39, 0.29) is 5.97 Å². The zero-order chi connectivity index (χ0) is 9.14. The predicted molar refractivity (Wildman–Crippen MR) is 47.4 cm³/mol. The van der Waals surface area contributed by atoms with Gasteiger partial charge >= 0.3 is 5.97 Å². The highest BCUT2D eigenvalue weighted by Gasteiger charge is 2.26. The number of rotatable bonds is 1. The normalized spacial score (nSPS) is 23.8. The molecule has 0 N–H and O–H groups in total. The lowest BCUT2D eigenvalue weighted by molar-refractivity contribution is -0.132. The Morgan fingerprint density at radius 2 is 2.17 bits per heavy atom. The van der Waals surface area contributed by atoms with E-state index in [2.05, 4.69) is 6.58 Å². The van der Waals surface area contributed by atoms with E-state index in [9.17, 15) is 4.79 Å². The minimum absolute atomic E-state index is 0.290. The van der Waals surface area contributed by atoms with Gasteiger partial charge in [-0.3, -0.25) is 0 Å². The molecule has 1 aliphatic rings. The topological polar surface area (TPSA) is 26.3 Å². The number of carbonyl (C=O) groups is 1. The van der Waals surface area contributed by atoms with Crippen molar-refractivity contribution in [1.82, 2.24) is 0 Å². The average Bonchev–Trinajstić information content (AvgIpc) is 2.28. The van der Waals surface area contributed by atoms with Crippen molar-refractivity contribution in [3.63, 3.8) is 0 Å². The van der Waals surface area contributed by atoms with Crippen LogP contribution in [0.5, 0.6) is 0 Å². The van der Waals surface area contributed by atoms with Crippen LogP contribution in [0.4, 0.5) is 0 Å². The maximum Gasteiger partial charge on any atom is 0.343 e. The van der Waals surface area contributed by atoms with Crippen LogP contribution in [-0.4, -0.2) is 5.97 Å². The van der Waals surface area contributed by atoms with Crippen molar-refractivity contribution in [2.24, 2.45) is 0 Å². The van der Waals surface area contributed by atoms with Crippen LogP contribution in [0.25, 0.3) is 0 Å². The minimum atomic E-state index is -0.290.